The van der Waals surface area contributed by atoms with Crippen LogP contribution < -0.4 is 0 Å². The highest BCUT2D eigenvalue weighted by Crippen LogP contribution is 2.27. The van der Waals surface area contributed by atoms with Gasteiger partial charge in [0.2, 0.25) is 0 Å². The number of rotatable bonds is 4. The lowest BCUT2D eigenvalue weighted by Gasteiger charge is -2.02. The van der Waals surface area contributed by atoms with Gasteiger partial charge >= 0.3 is 5.97 Å². The van der Waals surface area contributed by atoms with Crippen LogP contribution in [0.25, 0.3) is 0 Å². The van der Waals surface area contributed by atoms with Gasteiger partial charge in [-0.1, -0.05) is 23.1 Å². The standard InChI is InChI=1S/C11H9FN2O2S2/c1-6-13-14-11(18-6)17-5-8-4-7(10(15)16)2-3-9(8)12/h2-4H,5H2,1H3,(H,15,16). The smallest absolute Gasteiger partial charge is 0.335 e. The molecule has 0 saturated carbocycles. The summed E-state index contributed by atoms with van der Waals surface area (Å²) >= 11 is 2.77. The van der Waals surface area contributed by atoms with E-state index in [2.05, 4.69) is 10.2 Å². The molecule has 0 fully saturated rings. The minimum Gasteiger partial charge on any atom is -0.478 e. The largest absolute Gasteiger partial charge is 0.478 e. The summed E-state index contributed by atoms with van der Waals surface area (Å²) in [5.74, 6) is -1.14. The Morgan fingerprint density at radius 3 is 2.89 bits per heavy atom. The van der Waals surface area contributed by atoms with E-state index in [-0.39, 0.29) is 5.56 Å². The van der Waals surface area contributed by atoms with E-state index in [4.69, 9.17) is 5.11 Å². The molecule has 18 heavy (non-hydrogen) atoms. The number of thioether (sulfide) groups is 1. The molecule has 0 atom stereocenters. The van der Waals surface area contributed by atoms with Gasteiger partial charge in [0.1, 0.15) is 10.8 Å². The molecule has 0 saturated heterocycles. The Bertz CT molecular complexity index is 586. The fraction of sp³-hybridized carbons (Fsp3) is 0.182. The Morgan fingerprint density at radius 1 is 1.50 bits per heavy atom. The van der Waals surface area contributed by atoms with Crippen molar-refractivity contribution in [1.82, 2.24) is 10.2 Å². The molecule has 2 aromatic rings. The lowest BCUT2D eigenvalue weighted by atomic mass is 10.1. The first-order chi connectivity index (χ1) is 8.56. The van der Waals surface area contributed by atoms with Crippen LogP contribution in [0.2, 0.25) is 0 Å². The zero-order valence-electron chi connectivity index (χ0n) is 9.38. The summed E-state index contributed by atoms with van der Waals surface area (Å²) < 4.78 is 14.2. The van der Waals surface area contributed by atoms with Crippen molar-refractivity contribution in [3.05, 3.63) is 40.2 Å². The number of carboxylic acids is 1. The van der Waals surface area contributed by atoms with Crippen LogP contribution in [0.5, 0.6) is 0 Å². The topological polar surface area (TPSA) is 63.1 Å². The first kappa shape index (κ1) is 13.0. The zero-order chi connectivity index (χ0) is 13.1. The van der Waals surface area contributed by atoms with E-state index in [1.54, 1.807) is 0 Å². The normalized spacial score (nSPS) is 10.6. The van der Waals surface area contributed by atoms with Gasteiger partial charge in [-0.05, 0) is 30.7 Å². The summed E-state index contributed by atoms with van der Waals surface area (Å²) in [6.45, 7) is 1.84. The van der Waals surface area contributed by atoms with E-state index in [1.165, 1.54) is 41.3 Å². The van der Waals surface area contributed by atoms with Gasteiger partial charge in [-0.3, -0.25) is 0 Å². The maximum absolute atomic E-state index is 13.5. The van der Waals surface area contributed by atoms with Crippen LogP contribution in [-0.2, 0) is 5.75 Å². The molecule has 0 aliphatic rings. The number of aromatic nitrogens is 2. The average molecular weight is 284 g/mol. The lowest BCUT2D eigenvalue weighted by Crippen LogP contribution is -1.99. The molecule has 2 rings (SSSR count). The van der Waals surface area contributed by atoms with Gasteiger partial charge in [0.25, 0.3) is 0 Å². The Kier molecular flexibility index (Phi) is 3.93. The van der Waals surface area contributed by atoms with Crippen LogP contribution in [0.1, 0.15) is 20.9 Å². The number of aromatic carboxylic acids is 1. The third-order valence-corrected chi connectivity index (χ3v) is 4.17. The number of carboxylic acid groups (broad SMARTS) is 1. The monoisotopic (exact) mass is 284 g/mol. The Morgan fingerprint density at radius 2 is 2.28 bits per heavy atom. The number of aryl methyl sites for hydroxylation is 1. The molecule has 0 aliphatic heterocycles. The molecule has 94 valence electrons. The predicted molar refractivity (Wildman–Crippen MR) is 67.6 cm³/mol. The van der Waals surface area contributed by atoms with Crippen LogP contribution in [0, 0.1) is 12.7 Å². The molecule has 1 aromatic carbocycles. The third-order valence-electron chi connectivity index (χ3n) is 2.15. The van der Waals surface area contributed by atoms with Crippen molar-refractivity contribution >= 4 is 29.1 Å². The summed E-state index contributed by atoms with van der Waals surface area (Å²) in [6.07, 6.45) is 0. The number of carbonyl (C=O) groups is 1. The Balaban J connectivity index is 2.13. The molecule has 0 spiro atoms. The summed E-state index contributed by atoms with van der Waals surface area (Å²) in [5.41, 5.74) is 0.438. The van der Waals surface area contributed by atoms with E-state index in [9.17, 15) is 9.18 Å². The fourth-order valence-electron chi connectivity index (χ4n) is 1.29. The summed E-state index contributed by atoms with van der Waals surface area (Å²) in [4.78, 5) is 10.8. The minimum atomic E-state index is -1.06. The fourth-order valence-corrected chi connectivity index (χ4v) is 3.08. The molecule has 1 aromatic heterocycles. The van der Waals surface area contributed by atoms with Crippen molar-refractivity contribution in [3.63, 3.8) is 0 Å². The quantitative estimate of drug-likeness (QED) is 0.874. The average Bonchev–Trinajstić information content (AvgIpc) is 2.74. The van der Waals surface area contributed by atoms with Gasteiger partial charge in [0.15, 0.2) is 4.34 Å². The van der Waals surface area contributed by atoms with E-state index in [0.29, 0.717) is 11.3 Å². The highest BCUT2D eigenvalue weighted by atomic mass is 32.2. The van der Waals surface area contributed by atoms with Crippen molar-refractivity contribution in [2.45, 2.75) is 17.0 Å². The van der Waals surface area contributed by atoms with Crippen molar-refractivity contribution in [2.75, 3.05) is 0 Å². The lowest BCUT2D eigenvalue weighted by molar-refractivity contribution is 0.0696. The summed E-state index contributed by atoms with van der Waals surface area (Å²) in [6, 6.07) is 3.77. The van der Waals surface area contributed by atoms with Crippen LogP contribution in [0.4, 0.5) is 4.39 Å². The molecule has 0 bridgehead atoms. The second-order valence-electron chi connectivity index (χ2n) is 3.49. The van der Waals surface area contributed by atoms with Crippen LogP contribution >= 0.6 is 23.1 Å². The maximum Gasteiger partial charge on any atom is 0.335 e. The van der Waals surface area contributed by atoms with E-state index >= 15 is 0 Å². The number of halogens is 1. The predicted octanol–water partition coefficient (Wildman–Crippen LogP) is 2.98. The van der Waals surface area contributed by atoms with Crippen LogP contribution in [-0.4, -0.2) is 21.3 Å². The highest BCUT2D eigenvalue weighted by molar-refractivity contribution is 8.00. The minimum absolute atomic E-state index is 0.0837. The van der Waals surface area contributed by atoms with Gasteiger partial charge in [-0.2, -0.15) is 0 Å². The van der Waals surface area contributed by atoms with Gasteiger partial charge < -0.3 is 5.11 Å². The first-order valence-electron chi connectivity index (χ1n) is 5.01. The van der Waals surface area contributed by atoms with Gasteiger partial charge in [-0.25, -0.2) is 9.18 Å². The maximum atomic E-state index is 13.5. The Hall–Kier alpha value is -1.47. The molecule has 1 heterocycles. The van der Waals surface area contributed by atoms with E-state index in [1.807, 2.05) is 6.92 Å². The van der Waals surface area contributed by atoms with E-state index < -0.39 is 11.8 Å². The van der Waals surface area contributed by atoms with Crippen molar-refractivity contribution in [1.29, 1.82) is 0 Å². The number of nitrogens with zero attached hydrogens (tertiary/aromatic N) is 2. The Labute approximate surface area is 111 Å². The number of benzene rings is 1. The molecule has 0 radical (unpaired) electrons. The molecule has 0 aliphatic carbocycles. The molecule has 1 N–H and O–H groups in total. The molecule has 4 nitrogen and oxygen atoms in total. The van der Waals surface area contributed by atoms with Crippen molar-refractivity contribution < 1.29 is 14.3 Å². The molecule has 0 unspecified atom stereocenters. The number of hydrogen-bond acceptors (Lipinski definition) is 5. The molecular weight excluding hydrogens is 275 g/mol. The zero-order valence-corrected chi connectivity index (χ0v) is 11.0. The van der Waals surface area contributed by atoms with E-state index in [0.717, 1.165) is 9.35 Å². The third kappa shape index (κ3) is 3.05. The van der Waals surface area contributed by atoms with Gasteiger partial charge in [-0.15, -0.1) is 10.2 Å². The van der Waals surface area contributed by atoms with Crippen molar-refractivity contribution in [3.8, 4) is 0 Å². The first-order valence-corrected chi connectivity index (χ1v) is 6.81. The molecule has 0 amide bonds. The second-order valence-corrected chi connectivity index (χ2v) is 5.89. The summed E-state index contributed by atoms with van der Waals surface area (Å²) in [7, 11) is 0. The van der Waals surface area contributed by atoms with Gasteiger partial charge in [0.05, 0.1) is 5.56 Å². The summed E-state index contributed by atoms with van der Waals surface area (Å²) in [5, 5.41) is 17.5. The highest BCUT2D eigenvalue weighted by Gasteiger charge is 2.10. The second kappa shape index (κ2) is 5.45. The van der Waals surface area contributed by atoms with Crippen LogP contribution in [0.3, 0.4) is 0 Å². The van der Waals surface area contributed by atoms with Crippen molar-refractivity contribution in [2.24, 2.45) is 0 Å². The SMILES string of the molecule is Cc1nnc(SCc2cc(C(=O)O)ccc2F)s1. The molecule has 7 heteroatoms. The van der Waals surface area contributed by atoms with Crippen LogP contribution in [0.15, 0.2) is 22.5 Å². The van der Waals surface area contributed by atoms with Gasteiger partial charge in [0, 0.05) is 5.75 Å². The number of hydrogen-bond donors (Lipinski definition) is 1. The molecular formula is C11H9FN2O2S2.